The van der Waals surface area contributed by atoms with Crippen molar-refractivity contribution in [2.75, 3.05) is 5.32 Å². The number of carbonyl (C=O) groups excluding carboxylic acids is 1. The summed E-state index contributed by atoms with van der Waals surface area (Å²) in [5.74, 6) is -0.0743. The molecular weight excluding hydrogens is 385 g/mol. The summed E-state index contributed by atoms with van der Waals surface area (Å²) in [6.45, 7) is 1.96. The maximum Gasteiger partial charge on any atom is 0.265 e. The monoisotopic (exact) mass is 397 g/mol. The van der Waals surface area contributed by atoms with E-state index in [1.807, 2.05) is 49.0 Å². The van der Waals surface area contributed by atoms with Crippen LogP contribution in [0.5, 0.6) is 0 Å². The van der Waals surface area contributed by atoms with E-state index in [2.05, 4.69) is 33.0 Å². The Morgan fingerprint density at radius 2 is 2.15 bits per heavy atom. The van der Waals surface area contributed by atoms with Crippen molar-refractivity contribution in [3.05, 3.63) is 44.5 Å². The van der Waals surface area contributed by atoms with Gasteiger partial charge in [0, 0.05) is 16.0 Å². The number of carbonyl (C=O) groups is 1. The van der Waals surface area contributed by atoms with Crippen LogP contribution in [0.25, 0.3) is 10.2 Å². The number of nitrogens with one attached hydrogen (secondary N) is 1. The zero-order valence-corrected chi connectivity index (χ0v) is 13.9. The van der Waals surface area contributed by atoms with Crippen molar-refractivity contribution in [2.45, 2.75) is 6.92 Å². The topological polar surface area (TPSA) is 46.9 Å². The van der Waals surface area contributed by atoms with Crippen molar-refractivity contribution < 1.29 is 4.79 Å². The van der Waals surface area contributed by atoms with Gasteiger partial charge in [0.25, 0.3) is 5.91 Å². The molecule has 0 aliphatic heterocycles. The normalized spacial score (nSPS) is 10.9. The van der Waals surface area contributed by atoms with Gasteiger partial charge in [-0.3, -0.25) is 9.48 Å². The molecule has 2 aromatic heterocycles. The van der Waals surface area contributed by atoms with Gasteiger partial charge in [0.1, 0.15) is 4.83 Å². The van der Waals surface area contributed by atoms with Gasteiger partial charge in [0.2, 0.25) is 0 Å². The van der Waals surface area contributed by atoms with Gasteiger partial charge in [-0.15, -0.1) is 11.3 Å². The van der Waals surface area contributed by atoms with Gasteiger partial charge >= 0.3 is 0 Å². The van der Waals surface area contributed by atoms with Crippen molar-refractivity contribution in [3.8, 4) is 0 Å². The van der Waals surface area contributed by atoms with Crippen molar-refractivity contribution in [1.82, 2.24) is 9.78 Å². The Hall–Kier alpha value is -1.41. The van der Waals surface area contributed by atoms with Crippen LogP contribution in [0.2, 0.25) is 0 Å². The summed E-state index contributed by atoms with van der Waals surface area (Å²) in [6, 6.07) is 9.64. The minimum atomic E-state index is -0.0743. The zero-order chi connectivity index (χ0) is 14.3. The Morgan fingerprint density at radius 3 is 2.85 bits per heavy atom. The lowest BCUT2D eigenvalue weighted by atomic mass is 10.3. The van der Waals surface area contributed by atoms with Gasteiger partial charge in [-0.25, -0.2) is 0 Å². The summed E-state index contributed by atoms with van der Waals surface area (Å²) in [5.41, 5.74) is 1.79. The van der Waals surface area contributed by atoms with E-state index in [9.17, 15) is 4.79 Å². The van der Waals surface area contributed by atoms with Gasteiger partial charge in [-0.05, 0) is 47.7 Å². The smallest absolute Gasteiger partial charge is 0.265 e. The van der Waals surface area contributed by atoms with Gasteiger partial charge < -0.3 is 5.32 Å². The van der Waals surface area contributed by atoms with Crippen LogP contribution in [0.3, 0.4) is 0 Å². The number of rotatable bonds is 2. The minimum Gasteiger partial charge on any atom is -0.320 e. The molecule has 0 spiro atoms. The molecule has 4 nitrogen and oxygen atoms in total. The Bertz CT molecular complexity index is 771. The fraction of sp³-hybridized carbons (Fsp3) is 0.143. The molecule has 1 amide bonds. The molecule has 0 fully saturated rings. The number of benzene rings is 1. The summed E-state index contributed by atoms with van der Waals surface area (Å²) in [4.78, 5) is 14.1. The van der Waals surface area contributed by atoms with E-state index >= 15 is 0 Å². The lowest BCUT2D eigenvalue weighted by molar-refractivity contribution is 0.103. The van der Waals surface area contributed by atoms with E-state index in [1.165, 1.54) is 11.3 Å². The molecule has 0 saturated carbocycles. The second-order valence-corrected chi connectivity index (χ2v) is 6.67. The Balaban J connectivity index is 1.93. The number of aryl methyl sites for hydroxylation is 2. The number of anilines is 1. The van der Waals surface area contributed by atoms with Crippen molar-refractivity contribution in [1.29, 1.82) is 0 Å². The average Bonchev–Trinajstić information content (AvgIpc) is 2.95. The van der Waals surface area contributed by atoms with Crippen LogP contribution in [0.4, 0.5) is 5.69 Å². The predicted molar refractivity (Wildman–Crippen MR) is 90.4 cm³/mol. The molecule has 3 aromatic rings. The summed E-state index contributed by atoms with van der Waals surface area (Å²) in [5, 5.41) is 8.34. The van der Waals surface area contributed by atoms with Crippen LogP contribution in [0, 0.1) is 10.5 Å². The molecule has 3 rings (SSSR count). The number of halogens is 1. The van der Waals surface area contributed by atoms with Crippen LogP contribution >= 0.6 is 33.9 Å². The average molecular weight is 397 g/mol. The third kappa shape index (κ3) is 2.33. The molecule has 2 heterocycles. The fourth-order valence-electron chi connectivity index (χ4n) is 2.06. The number of para-hydroxylation sites is 1. The largest absolute Gasteiger partial charge is 0.320 e. The SMILES string of the molecule is Cc1nn(C)c2sc(C(=O)Nc3ccccc3I)cc12. The molecule has 102 valence electrons. The quantitative estimate of drug-likeness (QED) is 0.669. The summed E-state index contributed by atoms with van der Waals surface area (Å²) < 4.78 is 2.84. The van der Waals surface area contributed by atoms with E-state index in [-0.39, 0.29) is 5.91 Å². The summed E-state index contributed by atoms with van der Waals surface area (Å²) in [6.07, 6.45) is 0. The number of hydrogen-bond acceptors (Lipinski definition) is 3. The first kappa shape index (κ1) is 13.6. The zero-order valence-electron chi connectivity index (χ0n) is 11.0. The summed E-state index contributed by atoms with van der Waals surface area (Å²) in [7, 11) is 1.90. The predicted octanol–water partition coefficient (Wildman–Crippen LogP) is 3.80. The molecule has 0 aliphatic rings. The molecule has 0 atom stereocenters. The molecule has 0 saturated heterocycles. The maximum atomic E-state index is 12.3. The van der Waals surface area contributed by atoms with Gasteiger partial charge in [0.15, 0.2) is 0 Å². The summed E-state index contributed by atoms with van der Waals surface area (Å²) >= 11 is 3.68. The van der Waals surface area contributed by atoms with E-state index in [1.54, 1.807) is 0 Å². The van der Waals surface area contributed by atoms with Crippen molar-refractivity contribution in [2.24, 2.45) is 7.05 Å². The first-order chi connectivity index (χ1) is 9.56. The Morgan fingerprint density at radius 1 is 1.40 bits per heavy atom. The van der Waals surface area contributed by atoms with Crippen LogP contribution < -0.4 is 5.32 Å². The number of hydrogen-bond donors (Lipinski definition) is 1. The lowest BCUT2D eigenvalue weighted by Crippen LogP contribution is -2.11. The molecule has 1 N–H and O–H groups in total. The van der Waals surface area contributed by atoms with Gasteiger partial charge in [-0.1, -0.05) is 12.1 Å². The highest BCUT2D eigenvalue weighted by Gasteiger charge is 2.15. The fourth-order valence-corrected chi connectivity index (χ4v) is 3.60. The van der Waals surface area contributed by atoms with E-state index < -0.39 is 0 Å². The molecule has 20 heavy (non-hydrogen) atoms. The van der Waals surface area contributed by atoms with E-state index in [0.717, 1.165) is 25.2 Å². The first-order valence-corrected chi connectivity index (χ1v) is 7.95. The second kappa shape index (κ2) is 5.17. The standard InChI is InChI=1S/C14H12IN3OS/c1-8-9-7-12(20-14(9)18(2)17-8)13(19)16-11-6-4-3-5-10(11)15/h3-7H,1-2H3,(H,16,19). The molecule has 0 bridgehead atoms. The van der Waals surface area contributed by atoms with Crippen LogP contribution in [0.15, 0.2) is 30.3 Å². The highest BCUT2D eigenvalue weighted by Crippen LogP contribution is 2.28. The van der Waals surface area contributed by atoms with Gasteiger partial charge in [-0.2, -0.15) is 5.10 Å². The first-order valence-electron chi connectivity index (χ1n) is 6.05. The maximum absolute atomic E-state index is 12.3. The molecule has 0 radical (unpaired) electrons. The lowest BCUT2D eigenvalue weighted by Gasteiger charge is -2.05. The third-order valence-corrected chi connectivity index (χ3v) is 5.18. The highest BCUT2D eigenvalue weighted by atomic mass is 127. The van der Waals surface area contributed by atoms with Crippen molar-refractivity contribution >= 4 is 55.7 Å². The number of thiophene rings is 1. The molecule has 0 unspecified atom stereocenters. The number of nitrogens with zero attached hydrogens (tertiary/aromatic N) is 2. The number of aromatic nitrogens is 2. The number of amides is 1. The van der Waals surface area contributed by atoms with Crippen LogP contribution in [-0.2, 0) is 7.05 Å². The van der Waals surface area contributed by atoms with E-state index in [0.29, 0.717) is 4.88 Å². The minimum absolute atomic E-state index is 0.0743. The Labute approximate surface area is 133 Å². The highest BCUT2D eigenvalue weighted by molar-refractivity contribution is 14.1. The molecule has 1 aromatic carbocycles. The number of fused-ring (bicyclic) bond motifs is 1. The molecular formula is C14H12IN3OS. The van der Waals surface area contributed by atoms with Crippen LogP contribution in [-0.4, -0.2) is 15.7 Å². The third-order valence-electron chi connectivity index (χ3n) is 3.04. The molecule has 0 aliphatic carbocycles. The van der Waals surface area contributed by atoms with Crippen molar-refractivity contribution in [3.63, 3.8) is 0 Å². The van der Waals surface area contributed by atoms with Crippen LogP contribution in [0.1, 0.15) is 15.4 Å². The van der Waals surface area contributed by atoms with Gasteiger partial charge in [0.05, 0.1) is 16.3 Å². The van der Waals surface area contributed by atoms with E-state index in [4.69, 9.17) is 0 Å². The Kier molecular flexibility index (Phi) is 3.51. The molecule has 6 heteroatoms. The second-order valence-electron chi connectivity index (χ2n) is 4.47.